The van der Waals surface area contributed by atoms with Crippen LogP contribution in [-0.2, 0) is 4.79 Å². The van der Waals surface area contributed by atoms with Crippen molar-refractivity contribution >= 4 is 11.6 Å². The molecule has 2 rings (SSSR count). The first kappa shape index (κ1) is 16.0. The van der Waals surface area contributed by atoms with Crippen molar-refractivity contribution in [2.24, 2.45) is 0 Å². The van der Waals surface area contributed by atoms with Gasteiger partial charge in [0.25, 0.3) is 5.91 Å². The van der Waals surface area contributed by atoms with Gasteiger partial charge in [0.2, 0.25) is 0 Å². The Morgan fingerprint density at radius 2 is 1.95 bits per heavy atom. The molecule has 4 heteroatoms. The average molecular weight is 301 g/mol. The minimum atomic E-state index is -0.464. The van der Waals surface area contributed by atoms with Crippen LogP contribution in [0.15, 0.2) is 42.5 Å². The van der Waals surface area contributed by atoms with E-state index in [1.807, 2.05) is 25.1 Å². The van der Waals surface area contributed by atoms with E-state index in [1.54, 1.807) is 12.1 Å². The lowest BCUT2D eigenvalue weighted by Crippen LogP contribution is -2.21. The van der Waals surface area contributed by atoms with Crippen LogP contribution in [-0.4, -0.2) is 12.5 Å². The van der Waals surface area contributed by atoms with E-state index in [0.29, 0.717) is 11.7 Å². The molecule has 1 amide bonds. The molecule has 0 saturated heterocycles. The second-order valence-electron chi connectivity index (χ2n) is 5.51. The molecule has 22 heavy (non-hydrogen) atoms. The maximum Gasteiger partial charge on any atom is 0.262 e. The highest BCUT2D eigenvalue weighted by atomic mass is 19.1. The summed E-state index contributed by atoms with van der Waals surface area (Å²) in [6, 6.07) is 12.0. The van der Waals surface area contributed by atoms with Gasteiger partial charge in [-0.3, -0.25) is 4.79 Å². The molecule has 2 aromatic rings. The largest absolute Gasteiger partial charge is 0.483 e. The van der Waals surface area contributed by atoms with Crippen LogP contribution >= 0.6 is 0 Å². The number of ether oxygens (including phenoxy) is 1. The van der Waals surface area contributed by atoms with Crippen LogP contribution < -0.4 is 10.1 Å². The van der Waals surface area contributed by atoms with Crippen LogP contribution in [0.3, 0.4) is 0 Å². The fraction of sp³-hybridized carbons (Fsp3) is 0.278. The van der Waals surface area contributed by atoms with Crippen molar-refractivity contribution in [1.29, 1.82) is 0 Å². The van der Waals surface area contributed by atoms with Gasteiger partial charge in [0, 0.05) is 0 Å². The lowest BCUT2D eigenvalue weighted by atomic mass is 10.0. The number of para-hydroxylation sites is 1. The number of benzene rings is 2. The van der Waals surface area contributed by atoms with Crippen molar-refractivity contribution in [2.75, 3.05) is 11.9 Å². The Kier molecular flexibility index (Phi) is 5.15. The van der Waals surface area contributed by atoms with E-state index in [1.165, 1.54) is 12.1 Å². The van der Waals surface area contributed by atoms with Gasteiger partial charge >= 0.3 is 0 Å². The summed E-state index contributed by atoms with van der Waals surface area (Å²) in [7, 11) is 0. The van der Waals surface area contributed by atoms with Gasteiger partial charge in [-0.1, -0.05) is 38.1 Å². The van der Waals surface area contributed by atoms with Gasteiger partial charge in [-0.05, 0) is 42.2 Å². The monoisotopic (exact) mass is 301 g/mol. The lowest BCUT2D eigenvalue weighted by molar-refractivity contribution is -0.118. The second kappa shape index (κ2) is 7.07. The van der Waals surface area contributed by atoms with Crippen LogP contribution in [0.5, 0.6) is 5.75 Å². The highest BCUT2D eigenvalue weighted by molar-refractivity contribution is 5.92. The molecule has 116 valence electrons. The van der Waals surface area contributed by atoms with Crippen LogP contribution in [0.4, 0.5) is 10.1 Å². The van der Waals surface area contributed by atoms with Gasteiger partial charge in [-0.15, -0.1) is 0 Å². The fourth-order valence-electron chi connectivity index (χ4n) is 2.14. The number of aryl methyl sites for hydroxylation is 1. The number of carbonyl (C=O) groups excluding carboxylic acids is 1. The third-order valence-corrected chi connectivity index (χ3v) is 3.30. The van der Waals surface area contributed by atoms with Gasteiger partial charge in [-0.2, -0.15) is 0 Å². The Bertz CT molecular complexity index is 668. The van der Waals surface area contributed by atoms with Gasteiger partial charge in [-0.25, -0.2) is 4.39 Å². The van der Waals surface area contributed by atoms with Crippen molar-refractivity contribution in [2.45, 2.75) is 26.7 Å². The maximum absolute atomic E-state index is 13.5. The summed E-state index contributed by atoms with van der Waals surface area (Å²) in [5.41, 5.74) is 2.27. The van der Waals surface area contributed by atoms with Gasteiger partial charge in [0.05, 0.1) is 5.69 Å². The third kappa shape index (κ3) is 4.07. The van der Waals surface area contributed by atoms with E-state index in [-0.39, 0.29) is 18.2 Å². The number of carbonyl (C=O) groups is 1. The van der Waals surface area contributed by atoms with Crippen molar-refractivity contribution in [3.63, 3.8) is 0 Å². The summed E-state index contributed by atoms with van der Waals surface area (Å²) in [6.07, 6.45) is 0. The Morgan fingerprint density at radius 1 is 1.23 bits per heavy atom. The molecule has 3 nitrogen and oxygen atoms in total. The Morgan fingerprint density at radius 3 is 2.64 bits per heavy atom. The SMILES string of the molecule is Cc1ccc(C(C)C)c(OCC(=O)Nc2ccccc2F)c1. The number of hydrogen-bond acceptors (Lipinski definition) is 2. The average Bonchev–Trinajstić information content (AvgIpc) is 2.47. The van der Waals surface area contributed by atoms with Gasteiger partial charge < -0.3 is 10.1 Å². The van der Waals surface area contributed by atoms with Crippen molar-refractivity contribution < 1.29 is 13.9 Å². The van der Waals surface area contributed by atoms with Crippen LogP contribution in [0.2, 0.25) is 0 Å². The fourth-order valence-corrected chi connectivity index (χ4v) is 2.14. The number of hydrogen-bond donors (Lipinski definition) is 1. The summed E-state index contributed by atoms with van der Waals surface area (Å²) in [5.74, 6) is 0.138. The van der Waals surface area contributed by atoms with E-state index < -0.39 is 5.82 Å². The molecule has 0 unspecified atom stereocenters. The smallest absolute Gasteiger partial charge is 0.262 e. The molecule has 1 N–H and O–H groups in total. The summed E-state index contributed by atoms with van der Waals surface area (Å²) in [4.78, 5) is 11.9. The first-order chi connectivity index (χ1) is 10.5. The molecule has 0 aliphatic rings. The van der Waals surface area contributed by atoms with E-state index in [0.717, 1.165) is 11.1 Å². The van der Waals surface area contributed by atoms with Gasteiger partial charge in [0.15, 0.2) is 6.61 Å². The van der Waals surface area contributed by atoms with Crippen LogP contribution in [0, 0.1) is 12.7 Å². The van der Waals surface area contributed by atoms with E-state index in [4.69, 9.17) is 4.74 Å². The number of nitrogens with one attached hydrogen (secondary N) is 1. The molecule has 0 atom stereocenters. The first-order valence-corrected chi connectivity index (χ1v) is 7.25. The molecule has 0 aromatic heterocycles. The zero-order valence-corrected chi connectivity index (χ0v) is 13.0. The first-order valence-electron chi connectivity index (χ1n) is 7.25. The molecule has 0 aliphatic carbocycles. The molecule has 0 aliphatic heterocycles. The van der Waals surface area contributed by atoms with Gasteiger partial charge in [0.1, 0.15) is 11.6 Å². The number of rotatable bonds is 5. The molecule has 0 bridgehead atoms. The molecule has 0 radical (unpaired) electrons. The van der Waals surface area contributed by atoms with E-state index in [2.05, 4.69) is 19.2 Å². The number of anilines is 1. The summed E-state index contributed by atoms with van der Waals surface area (Å²) in [5, 5.41) is 2.50. The van der Waals surface area contributed by atoms with Crippen molar-refractivity contribution in [3.05, 3.63) is 59.4 Å². The molecule has 2 aromatic carbocycles. The highest BCUT2D eigenvalue weighted by Gasteiger charge is 2.11. The highest BCUT2D eigenvalue weighted by Crippen LogP contribution is 2.27. The van der Waals surface area contributed by atoms with E-state index in [9.17, 15) is 9.18 Å². The molecule has 0 heterocycles. The topological polar surface area (TPSA) is 38.3 Å². The normalized spacial score (nSPS) is 10.6. The quantitative estimate of drug-likeness (QED) is 0.895. The van der Waals surface area contributed by atoms with Crippen molar-refractivity contribution in [1.82, 2.24) is 0 Å². The van der Waals surface area contributed by atoms with Crippen LogP contribution in [0.1, 0.15) is 30.9 Å². The Balaban J connectivity index is 2.02. The summed E-state index contributed by atoms with van der Waals surface area (Å²) < 4.78 is 19.1. The molecule has 0 fully saturated rings. The molecule has 0 saturated carbocycles. The Hall–Kier alpha value is -2.36. The zero-order chi connectivity index (χ0) is 16.1. The minimum Gasteiger partial charge on any atom is -0.483 e. The maximum atomic E-state index is 13.5. The number of halogens is 1. The van der Waals surface area contributed by atoms with Crippen molar-refractivity contribution in [3.8, 4) is 5.75 Å². The zero-order valence-electron chi connectivity index (χ0n) is 13.0. The Labute approximate surface area is 130 Å². The van der Waals surface area contributed by atoms with Crippen LogP contribution in [0.25, 0.3) is 0 Å². The predicted molar refractivity (Wildman–Crippen MR) is 85.8 cm³/mol. The summed E-state index contributed by atoms with van der Waals surface area (Å²) in [6.45, 7) is 5.95. The third-order valence-electron chi connectivity index (χ3n) is 3.30. The molecular formula is C18H20FNO2. The molecular weight excluding hydrogens is 281 g/mol. The molecule has 0 spiro atoms. The standard InChI is InChI=1S/C18H20FNO2/c1-12(2)14-9-8-13(3)10-17(14)22-11-18(21)20-16-7-5-4-6-15(16)19/h4-10,12H,11H2,1-3H3,(H,20,21). The predicted octanol–water partition coefficient (Wildman–Crippen LogP) is 4.28. The minimum absolute atomic E-state index is 0.155. The lowest BCUT2D eigenvalue weighted by Gasteiger charge is -2.15. The second-order valence-corrected chi connectivity index (χ2v) is 5.51. The van der Waals surface area contributed by atoms with E-state index >= 15 is 0 Å². The summed E-state index contributed by atoms with van der Waals surface area (Å²) >= 11 is 0. The number of amides is 1.